The van der Waals surface area contributed by atoms with Gasteiger partial charge in [0.2, 0.25) is 0 Å². The second-order valence-corrected chi connectivity index (χ2v) is 6.72. The molecule has 0 unspecified atom stereocenters. The topological polar surface area (TPSA) is 112 Å². The fourth-order valence-electron chi connectivity index (χ4n) is 2.52. The highest BCUT2D eigenvalue weighted by atomic mass is 32.1. The van der Waals surface area contributed by atoms with Gasteiger partial charge in [-0.1, -0.05) is 11.3 Å². The number of hydrogen-bond acceptors (Lipinski definition) is 7. The zero-order valence-electron chi connectivity index (χ0n) is 14.3. The molecule has 4 aromatic rings. The lowest BCUT2D eigenvalue weighted by Gasteiger charge is -2.09. The number of anilines is 2. The summed E-state index contributed by atoms with van der Waals surface area (Å²) in [6, 6.07) is 8.90. The van der Waals surface area contributed by atoms with E-state index in [1.807, 2.05) is 12.1 Å². The average molecular weight is 377 g/mol. The minimum Gasteiger partial charge on any atom is -0.397 e. The second kappa shape index (κ2) is 6.96. The van der Waals surface area contributed by atoms with Crippen molar-refractivity contribution in [3.8, 4) is 21.7 Å². The van der Waals surface area contributed by atoms with Crippen LogP contribution in [-0.4, -0.2) is 30.9 Å². The van der Waals surface area contributed by atoms with E-state index in [1.54, 1.807) is 54.0 Å². The summed E-state index contributed by atoms with van der Waals surface area (Å²) in [7, 11) is 1.79. The van der Waals surface area contributed by atoms with Crippen LogP contribution in [0.1, 0.15) is 10.5 Å². The van der Waals surface area contributed by atoms with Crippen LogP contribution in [0.15, 0.2) is 54.4 Å². The molecule has 0 spiro atoms. The summed E-state index contributed by atoms with van der Waals surface area (Å²) in [6.45, 7) is 0. The number of aromatic nitrogens is 5. The molecule has 4 rings (SSSR count). The minimum absolute atomic E-state index is 0.283. The Kier molecular flexibility index (Phi) is 4.35. The van der Waals surface area contributed by atoms with Gasteiger partial charge in [0.25, 0.3) is 5.91 Å². The molecular weight excluding hydrogens is 362 g/mol. The van der Waals surface area contributed by atoms with Crippen LogP contribution < -0.4 is 11.1 Å². The van der Waals surface area contributed by atoms with Gasteiger partial charge in [0, 0.05) is 25.0 Å². The SMILES string of the molecule is Cn1cc(-c2ccc(C(=O)Nc3cc(-c4cncs4)ccc3N)nc2)nn1. The van der Waals surface area contributed by atoms with E-state index >= 15 is 0 Å². The first kappa shape index (κ1) is 16.9. The van der Waals surface area contributed by atoms with E-state index in [2.05, 4.69) is 25.6 Å². The predicted molar refractivity (Wildman–Crippen MR) is 104 cm³/mol. The number of amides is 1. The Morgan fingerprint density at radius 1 is 1.19 bits per heavy atom. The van der Waals surface area contributed by atoms with Gasteiger partial charge in [-0.15, -0.1) is 16.4 Å². The van der Waals surface area contributed by atoms with Crippen LogP contribution in [0.2, 0.25) is 0 Å². The highest BCUT2D eigenvalue weighted by molar-refractivity contribution is 7.13. The van der Waals surface area contributed by atoms with Crippen LogP contribution in [0.5, 0.6) is 0 Å². The highest BCUT2D eigenvalue weighted by Crippen LogP contribution is 2.29. The Hall–Kier alpha value is -3.59. The van der Waals surface area contributed by atoms with E-state index in [-0.39, 0.29) is 11.6 Å². The molecule has 1 aromatic carbocycles. The maximum Gasteiger partial charge on any atom is 0.274 e. The smallest absolute Gasteiger partial charge is 0.274 e. The number of hydrogen-bond donors (Lipinski definition) is 2. The number of benzene rings is 1. The van der Waals surface area contributed by atoms with Crippen molar-refractivity contribution in [2.24, 2.45) is 7.05 Å². The van der Waals surface area contributed by atoms with E-state index in [4.69, 9.17) is 5.73 Å². The number of rotatable bonds is 4. The van der Waals surface area contributed by atoms with Crippen LogP contribution >= 0.6 is 11.3 Å². The molecule has 1 amide bonds. The summed E-state index contributed by atoms with van der Waals surface area (Å²) in [5.41, 5.74) is 11.5. The largest absolute Gasteiger partial charge is 0.397 e. The van der Waals surface area contributed by atoms with Crippen LogP contribution in [0.4, 0.5) is 11.4 Å². The summed E-state index contributed by atoms with van der Waals surface area (Å²) >= 11 is 1.52. The van der Waals surface area contributed by atoms with Gasteiger partial charge in [-0.25, -0.2) is 0 Å². The Morgan fingerprint density at radius 3 is 2.70 bits per heavy atom. The van der Waals surface area contributed by atoms with Crippen LogP contribution in [0.3, 0.4) is 0 Å². The molecule has 0 radical (unpaired) electrons. The summed E-state index contributed by atoms with van der Waals surface area (Å²) in [5, 5.41) is 10.7. The van der Waals surface area contributed by atoms with Crippen molar-refractivity contribution in [3.05, 3.63) is 60.1 Å². The lowest BCUT2D eigenvalue weighted by Crippen LogP contribution is -2.14. The third-order valence-corrected chi connectivity index (χ3v) is 4.74. The lowest BCUT2D eigenvalue weighted by atomic mass is 10.1. The molecule has 0 saturated carbocycles. The molecule has 8 nitrogen and oxygen atoms in total. The number of nitrogens with zero attached hydrogens (tertiary/aromatic N) is 5. The second-order valence-electron chi connectivity index (χ2n) is 5.83. The van der Waals surface area contributed by atoms with Crippen molar-refractivity contribution in [3.63, 3.8) is 0 Å². The first-order valence-electron chi connectivity index (χ1n) is 8.02. The Labute approximate surface area is 158 Å². The monoisotopic (exact) mass is 377 g/mol. The molecule has 3 aromatic heterocycles. The molecule has 3 N–H and O–H groups in total. The summed E-state index contributed by atoms with van der Waals surface area (Å²) in [5.74, 6) is -0.339. The quantitative estimate of drug-likeness (QED) is 0.529. The number of nitrogens with two attached hydrogens (primary N) is 1. The standard InChI is InChI=1S/C18H15N7OS/c1-25-9-16(23-24-25)12-3-5-14(21-7-12)18(26)22-15-6-11(2-4-13(15)19)17-8-20-10-27-17/h2-10H,19H2,1H3,(H,22,26). The molecular formula is C18H15N7OS. The predicted octanol–water partition coefficient (Wildman–Crippen LogP) is 2.84. The van der Waals surface area contributed by atoms with Gasteiger partial charge >= 0.3 is 0 Å². The fraction of sp³-hybridized carbons (Fsp3) is 0.0556. The molecule has 0 saturated heterocycles. The Morgan fingerprint density at radius 2 is 2.04 bits per heavy atom. The van der Waals surface area contributed by atoms with Gasteiger partial charge in [0.1, 0.15) is 11.4 Å². The normalized spacial score (nSPS) is 10.7. The van der Waals surface area contributed by atoms with E-state index in [0.717, 1.165) is 16.0 Å². The number of nitrogen functional groups attached to an aromatic ring is 1. The van der Waals surface area contributed by atoms with Crippen molar-refractivity contribution < 1.29 is 4.79 Å². The number of aryl methyl sites for hydroxylation is 1. The molecule has 134 valence electrons. The van der Waals surface area contributed by atoms with Gasteiger partial charge in [-0.3, -0.25) is 19.4 Å². The molecule has 0 aliphatic rings. The molecule has 0 bridgehead atoms. The van der Waals surface area contributed by atoms with Crippen molar-refractivity contribution >= 4 is 28.6 Å². The maximum absolute atomic E-state index is 12.5. The van der Waals surface area contributed by atoms with Gasteiger partial charge in [-0.2, -0.15) is 0 Å². The highest BCUT2D eigenvalue weighted by Gasteiger charge is 2.12. The molecule has 0 fully saturated rings. The molecule has 27 heavy (non-hydrogen) atoms. The summed E-state index contributed by atoms with van der Waals surface area (Å²) in [4.78, 5) is 21.8. The van der Waals surface area contributed by atoms with Crippen molar-refractivity contribution in [1.29, 1.82) is 0 Å². The first-order chi connectivity index (χ1) is 13.1. The average Bonchev–Trinajstić information content (AvgIpc) is 3.35. The fourth-order valence-corrected chi connectivity index (χ4v) is 3.14. The van der Waals surface area contributed by atoms with E-state index in [9.17, 15) is 4.79 Å². The lowest BCUT2D eigenvalue weighted by molar-refractivity contribution is 0.102. The summed E-state index contributed by atoms with van der Waals surface area (Å²) in [6.07, 6.45) is 5.15. The van der Waals surface area contributed by atoms with Gasteiger partial charge in [0.05, 0.1) is 28.0 Å². The number of nitrogens with one attached hydrogen (secondary N) is 1. The maximum atomic E-state index is 12.5. The van der Waals surface area contributed by atoms with Gasteiger partial charge in [-0.05, 0) is 29.8 Å². The minimum atomic E-state index is -0.339. The number of carbonyl (C=O) groups excluding carboxylic acids is 1. The van der Waals surface area contributed by atoms with E-state index in [1.165, 1.54) is 11.3 Å². The zero-order valence-corrected chi connectivity index (χ0v) is 15.1. The molecule has 3 heterocycles. The number of thiazole rings is 1. The molecule has 0 aliphatic heterocycles. The number of carbonyl (C=O) groups is 1. The van der Waals surface area contributed by atoms with Gasteiger partial charge < -0.3 is 11.1 Å². The van der Waals surface area contributed by atoms with Crippen LogP contribution in [0, 0.1) is 0 Å². The van der Waals surface area contributed by atoms with Crippen LogP contribution in [0.25, 0.3) is 21.7 Å². The molecule has 0 atom stereocenters. The van der Waals surface area contributed by atoms with Gasteiger partial charge in [0.15, 0.2) is 0 Å². The first-order valence-corrected chi connectivity index (χ1v) is 8.90. The van der Waals surface area contributed by atoms with E-state index in [0.29, 0.717) is 17.1 Å². The third-order valence-electron chi connectivity index (χ3n) is 3.91. The van der Waals surface area contributed by atoms with Crippen molar-refractivity contribution in [1.82, 2.24) is 25.0 Å². The molecule has 0 aliphatic carbocycles. The Balaban J connectivity index is 1.54. The van der Waals surface area contributed by atoms with Crippen molar-refractivity contribution in [2.45, 2.75) is 0 Å². The summed E-state index contributed by atoms with van der Waals surface area (Å²) < 4.78 is 1.61. The third kappa shape index (κ3) is 3.53. The van der Waals surface area contributed by atoms with Crippen LogP contribution in [-0.2, 0) is 7.05 Å². The van der Waals surface area contributed by atoms with E-state index < -0.39 is 0 Å². The Bertz CT molecular complexity index is 1090. The van der Waals surface area contributed by atoms with Crippen molar-refractivity contribution in [2.75, 3.05) is 11.1 Å². The number of pyridine rings is 1. The molecule has 9 heteroatoms. The zero-order chi connectivity index (χ0) is 18.8.